The van der Waals surface area contributed by atoms with E-state index in [1.807, 2.05) is 0 Å². The van der Waals surface area contributed by atoms with Gasteiger partial charge in [0.25, 0.3) is 5.56 Å². The minimum atomic E-state index is -0.0981. The first-order chi connectivity index (χ1) is 10.2. The summed E-state index contributed by atoms with van der Waals surface area (Å²) in [7, 11) is 0. The van der Waals surface area contributed by atoms with Crippen molar-refractivity contribution in [1.82, 2.24) is 14.1 Å². The summed E-state index contributed by atoms with van der Waals surface area (Å²) in [6.07, 6.45) is 6.91. The Kier molecular flexibility index (Phi) is 3.85. The number of hydrogen-bond donors (Lipinski definition) is 1. The molecule has 6 heteroatoms. The lowest BCUT2D eigenvalue weighted by Crippen LogP contribution is -2.23. The molecule has 2 aromatic rings. The lowest BCUT2D eigenvalue weighted by Gasteiger charge is -2.16. The number of amides is 1. The summed E-state index contributed by atoms with van der Waals surface area (Å²) in [5.74, 6) is 1.70. The molecule has 0 bridgehead atoms. The number of carbonyl (C=O) groups excluding carboxylic acids is 1. The molecular formula is C15H18N4O2. The van der Waals surface area contributed by atoms with E-state index in [2.05, 4.69) is 14.9 Å². The molecule has 6 nitrogen and oxygen atoms in total. The van der Waals surface area contributed by atoms with Crippen molar-refractivity contribution in [3.05, 3.63) is 46.8 Å². The minimum absolute atomic E-state index is 0.0907. The van der Waals surface area contributed by atoms with Crippen LogP contribution in [0.3, 0.4) is 0 Å². The number of fused-ring (bicyclic) bond motifs is 1. The van der Waals surface area contributed by atoms with E-state index in [1.54, 1.807) is 24.5 Å². The van der Waals surface area contributed by atoms with Gasteiger partial charge in [0.2, 0.25) is 5.91 Å². The van der Waals surface area contributed by atoms with E-state index in [0.29, 0.717) is 6.54 Å². The van der Waals surface area contributed by atoms with Crippen LogP contribution < -0.4 is 10.9 Å². The number of carbonyl (C=O) groups is 1. The van der Waals surface area contributed by atoms with E-state index in [0.717, 1.165) is 37.4 Å². The summed E-state index contributed by atoms with van der Waals surface area (Å²) in [5, 5.41) is 2.89. The highest BCUT2D eigenvalue weighted by Gasteiger charge is 2.15. The highest BCUT2D eigenvalue weighted by atomic mass is 16.2. The minimum Gasteiger partial charge on any atom is -0.315 e. The molecule has 1 aliphatic heterocycles. The van der Waals surface area contributed by atoms with Crippen molar-refractivity contribution in [1.29, 1.82) is 0 Å². The fourth-order valence-corrected chi connectivity index (χ4v) is 2.59. The van der Waals surface area contributed by atoms with Crippen molar-refractivity contribution in [3.63, 3.8) is 0 Å². The first kappa shape index (κ1) is 13.6. The Morgan fingerprint density at radius 3 is 3.10 bits per heavy atom. The maximum absolute atomic E-state index is 12.0. The maximum Gasteiger partial charge on any atom is 0.250 e. The van der Waals surface area contributed by atoms with Crippen LogP contribution in [0.1, 0.15) is 25.1 Å². The first-order valence-electron chi connectivity index (χ1n) is 7.24. The van der Waals surface area contributed by atoms with Gasteiger partial charge in [-0.05, 0) is 18.9 Å². The molecule has 0 atom stereocenters. The number of imidazole rings is 1. The lowest BCUT2D eigenvalue weighted by molar-refractivity contribution is -0.116. The van der Waals surface area contributed by atoms with Gasteiger partial charge in [0.1, 0.15) is 11.6 Å². The molecule has 0 aliphatic carbocycles. The van der Waals surface area contributed by atoms with Crippen molar-refractivity contribution in [2.24, 2.45) is 0 Å². The number of anilines is 1. The van der Waals surface area contributed by atoms with Gasteiger partial charge in [-0.2, -0.15) is 0 Å². The fraction of sp³-hybridized carbons (Fsp3) is 0.400. The zero-order valence-electron chi connectivity index (χ0n) is 11.8. The molecule has 0 radical (unpaired) electrons. The molecule has 0 unspecified atom stereocenters. The topological polar surface area (TPSA) is 68.9 Å². The maximum atomic E-state index is 12.0. The van der Waals surface area contributed by atoms with E-state index in [-0.39, 0.29) is 17.9 Å². The predicted octanol–water partition coefficient (Wildman–Crippen LogP) is 1.41. The summed E-state index contributed by atoms with van der Waals surface area (Å²) < 4.78 is 3.60. The summed E-state index contributed by atoms with van der Waals surface area (Å²) in [4.78, 5) is 27.9. The van der Waals surface area contributed by atoms with Crippen LogP contribution in [-0.2, 0) is 24.3 Å². The number of hydrogen-bond acceptors (Lipinski definition) is 3. The number of aryl methyl sites for hydroxylation is 2. The number of rotatable bonds is 4. The van der Waals surface area contributed by atoms with Crippen LogP contribution in [0, 0.1) is 0 Å². The van der Waals surface area contributed by atoms with Crippen molar-refractivity contribution in [2.45, 2.75) is 38.8 Å². The summed E-state index contributed by atoms with van der Waals surface area (Å²) >= 11 is 0. The molecule has 3 heterocycles. The van der Waals surface area contributed by atoms with Crippen LogP contribution >= 0.6 is 0 Å². The molecule has 0 spiro atoms. The third kappa shape index (κ3) is 3.04. The van der Waals surface area contributed by atoms with E-state index in [1.165, 1.54) is 10.6 Å². The highest BCUT2D eigenvalue weighted by molar-refractivity contribution is 5.89. The molecule has 0 saturated carbocycles. The molecule has 1 amide bonds. The van der Waals surface area contributed by atoms with E-state index in [9.17, 15) is 9.59 Å². The fourth-order valence-electron chi connectivity index (χ4n) is 2.59. The lowest BCUT2D eigenvalue weighted by atomic mass is 10.2. The average molecular weight is 286 g/mol. The Morgan fingerprint density at radius 2 is 2.24 bits per heavy atom. The Morgan fingerprint density at radius 1 is 1.33 bits per heavy atom. The summed E-state index contributed by atoms with van der Waals surface area (Å²) in [6.45, 7) is 1.29. The van der Waals surface area contributed by atoms with Gasteiger partial charge >= 0.3 is 0 Å². The van der Waals surface area contributed by atoms with Gasteiger partial charge in [0.15, 0.2) is 0 Å². The molecule has 1 N–H and O–H groups in total. The van der Waals surface area contributed by atoms with Crippen LogP contribution in [0.15, 0.2) is 35.4 Å². The highest BCUT2D eigenvalue weighted by Crippen LogP contribution is 2.19. The van der Waals surface area contributed by atoms with Gasteiger partial charge in [-0.1, -0.05) is 6.07 Å². The zero-order chi connectivity index (χ0) is 14.7. The monoisotopic (exact) mass is 286 g/mol. The van der Waals surface area contributed by atoms with Crippen LogP contribution in [0.5, 0.6) is 0 Å². The number of aromatic nitrogens is 3. The smallest absolute Gasteiger partial charge is 0.250 e. The second-order valence-electron chi connectivity index (χ2n) is 5.20. The molecule has 2 aromatic heterocycles. The number of pyridine rings is 1. The van der Waals surface area contributed by atoms with Crippen molar-refractivity contribution in [2.75, 3.05) is 5.32 Å². The Balaban J connectivity index is 1.61. The van der Waals surface area contributed by atoms with Gasteiger partial charge in [0, 0.05) is 38.2 Å². The number of nitrogens with zero attached hydrogens (tertiary/aromatic N) is 3. The van der Waals surface area contributed by atoms with Gasteiger partial charge in [0.05, 0.1) is 6.20 Å². The van der Waals surface area contributed by atoms with Gasteiger partial charge in [-0.25, -0.2) is 4.98 Å². The summed E-state index contributed by atoms with van der Waals surface area (Å²) in [5.41, 5.74) is -0.0907. The van der Waals surface area contributed by atoms with E-state index >= 15 is 0 Å². The zero-order valence-corrected chi connectivity index (χ0v) is 11.8. The molecular weight excluding hydrogens is 268 g/mol. The third-order valence-corrected chi connectivity index (χ3v) is 3.72. The van der Waals surface area contributed by atoms with E-state index < -0.39 is 0 Å². The number of nitrogens with one attached hydrogen (secondary N) is 1. The largest absolute Gasteiger partial charge is 0.315 e. The first-order valence-corrected chi connectivity index (χ1v) is 7.24. The van der Waals surface area contributed by atoms with Crippen LogP contribution in [0.2, 0.25) is 0 Å². The van der Waals surface area contributed by atoms with Crippen LogP contribution in [0.4, 0.5) is 5.82 Å². The third-order valence-electron chi connectivity index (χ3n) is 3.72. The van der Waals surface area contributed by atoms with Crippen molar-refractivity contribution in [3.8, 4) is 0 Å². The Bertz CT molecular complexity index is 702. The quantitative estimate of drug-likeness (QED) is 0.924. The van der Waals surface area contributed by atoms with Crippen molar-refractivity contribution < 1.29 is 4.79 Å². The molecule has 110 valence electrons. The van der Waals surface area contributed by atoms with Gasteiger partial charge in [-0.3, -0.25) is 9.59 Å². The molecule has 21 heavy (non-hydrogen) atoms. The molecule has 1 aliphatic rings. The summed E-state index contributed by atoms with van der Waals surface area (Å²) in [6, 6.07) is 4.97. The second-order valence-corrected chi connectivity index (χ2v) is 5.20. The second kappa shape index (κ2) is 5.95. The van der Waals surface area contributed by atoms with E-state index in [4.69, 9.17) is 0 Å². The predicted molar refractivity (Wildman–Crippen MR) is 79.1 cm³/mol. The molecule has 0 saturated heterocycles. The molecule has 3 rings (SSSR count). The van der Waals surface area contributed by atoms with Gasteiger partial charge < -0.3 is 14.5 Å². The van der Waals surface area contributed by atoms with Crippen LogP contribution in [-0.4, -0.2) is 20.0 Å². The Labute approximate surface area is 122 Å². The SMILES string of the molecule is O=C(CCn1ccccc1=O)Nc1cnc2n1CCCC2. The van der Waals surface area contributed by atoms with Crippen molar-refractivity contribution >= 4 is 11.7 Å². The Hall–Kier alpha value is -2.37. The van der Waals surface area contributed by atoms with Gasteiger partial charge in [-0.15, -0.1) is 0 Å². The standard InChI is InChI=1S/C15H18N4O2/c20-14(7-10-18-8-3-2-6-15(18)21)17-13-11-16-12-5-1-4-9-19(12)13/h2-3,6,8,11H,1,4-5,7,9-10H2,(H,17,20). The molecule has 0 aromatic carbocycles. The normalized spacial score (nSPS) is 13.7. The molecule has 0 fully saturated rings. The average Bonchev–Trinajstić information content (AvgIpc) is 2.90. The van der Waals surface area contributed by atoms with Crippen LogP contribution in [0.25, 0.3) is 0 Å².